The maximum Gasteiger partial charge on any atom is 0.328 e. The Bertz CT molecular complexity index is 988. The van der Waals surface area contributed by atoms with E-state index in [0.717, 1.165) is 42.7 Å². The van der Waals surface area contributed by atoms with Crippen LogP contribution in [-0.2, 0) is 16.8 Å². The van der Waals surface area contributed by atoms with Gasteiger partial charge in [-0.05, 0) is 30.5 Å². The summed E-state index contributed by atoms with van der Waals surface area (Å²) < 4.78 is 12.5. The highest BCUT2D eigenvalue weighted by Crippen LogP contribution is 2.43. The second-order valence-electron chi connectivity index (χ2n) is 7.36. The SMILES string of the molecule is O=C(Cn1ccc(=O)[nH]c1=O)NCC1(c2ccc3c(c2)OCCO3)CCCC1. The second kappa shape index (κ2) is 7.53. The van der Waals surface area contributed by atoms with Gasteiger partial charge in [0.25, 0.3) is 5.56 Å². The Morgan fingerprint density at radius 1 is 1.11 bits per heavy atom. The van der Waals surface area contributed by atoms with Gasteiger partial charge in [0.1, 0.15) is 19.8 Å². The molecule has 2 N–H and O–H groups in total. The fourth-order valence-corrected chi connectivity index (χ4v) is 4.04. The van der Waals surface area contributed by atoms with E-state index in [1.165, 1.54) is 16.8 Å². The molecule has 1 saturated carbocycles. The molecule has 8 nitrogen and oxygen atoms in total. The summed E-state index contributed by atoms with van der Waals surface area (Å²) in [5.74, 6) is 1.24. The zero-order chi connectivity index (χ0) is 19.6. The monoisotopic (exact) mass is 385 g/mol. The van der Waals surface area contributed by atoms with Crippen LogP contribution in [0.2, 0.25) is 0 Å². The summed E-state index contributed by atoms with van der Waals surface area (Å²) in [6, 6.07) is 7.24. The highest BCUT2D eigenvalue weighted by atomic mass is 16.6. The number of aromatic amines is 1. The van der Waals surface area contributed by atoms with Crippen molar-refractivity contribution in [3.05, 3.63) is 56.9 Å². The molecule has 0 bridgehead atoms. The molecule has 0 radical (unpaired) electrons. The van der Waals surface area contributed by atoms with E-state index in [4.69, 9.17) is 9.47 Å². The first-order valence-corrected chi connectivity index (χ1v) is 9.52. The minimum atomic E-state index is -0.593. The maximum absolute atomic E-state index is 12.4. The Hall–Kier alpha value is -3.03. The summed E-state index contributed by atoms with van der Waals surface area (Å²) in [6.07, 6.45) is 5.48. The van der Waals surface area contributed by atoms with Crippen LogP contribution < -0.4 is 26.0 Å². The largest absolute Gasteiger partial charge is 0.486 e. The molecule has 0 saturated heterocycles. The molecule has 0 atom stereocenters. The zero-order valence-corrected chi connectivity index (χ0v) is 15.5. The van der Waals surface area contributed by atoms with Gasteiger partial charge < -0.3 is 14.8 Å². The average Bonchev–Trinajstić information content (AvgIpc) is 3.18. The van der Waals surface area contributed by atoms with E-state index < -0.39 is 11.2 Å². The van der Waals surface area contributed by atoms with Crippen LogP contribution in [0.1, 0.15) is 31.2 Å². The Morgan fingerprint density at radius 2 is 1.86 bits per heavy atom. The molecule has 2 aromatic rings. The van der Waals surface area contributed by atoms with Crippen LogP contribution in [0.3, 0.4) is 0 Å². The number of fused-ring (bicyclic) bond motifs is 1. The van der Waals surface area contributed by atoms with Crippen LogP contribution in [0, 0.1) is 0 Å². The molecule has 0 spiro atoms. The number of carbonyl (C=O) groups is 1. The third kappa shape index (κ3) is 3.67. The molecule has 4 rings (SSSR count). The van der Waals surface area contributed by atoms with Crippen molar-refractivity contribution in [2.24, 2.45) is 0 Å². The molecular weight excluding hydrogens is 362 g/mol. The number of hydrogen-bond acceptors (Lipinski definition) is 5. The van der Waals surface area contributed by atoms with Crippen molar-refractivity contribution in [2.45, 2.75) is 37.6 Å². The van der Waals surface area contributed by atoms with Crippen LogP contribution in [0.15, 0.2) is 40.1 Å². The van der Waals surface area contributed by atoms with Crippen molar-refractivity contribution >= 4 is 5.91 Å². The average molecular weight is 385 g/mol. The number of hydrogen-bond donors (Lipinski definition) is 2. The first-order chi connectivity index (χ1) is 13.6. The number of ether oxygens (including phenoxy) is 2. The molecule has 1 aliphatic carbocycles. The van der Waals surface area contributed by atoms with Crippen molar-refractivity contribution in [3.8, 4) is 11.5 Å². The summed E-state index contributed by atoms with van der Waals surface area (Å²) in [5, 5.41) is 2.97. The Balaban J connectivity index is 1.48. The van der Waals surface area contributed by atoms with E-state index in [-0.39, 0.29) is 17.9 Å². The summed E-state index contributed by atoms with van der Waals surface area (Å²) in [6.45, 7) is 1.45. The first-order valence-electron chi connectivity index (χ1n) is 9.52. The molecule has 28 heavy (non-hydrogen) atoms. The van der Waals surface area contributed by atoms with Gasteiger partial charge in [-0.2, -0.15) is 0 Å². The third-order valence-electron chi connectivity index (χ3n) is 5.55. The Kier molecular flexibility index (Phi) is 4.93. The van der Waals surface area contributed by atoms with Crippen LogP contribution in [0.5, 0.6) is 11.5 Å². The predicted octanol–water partition coefficient (Wildman–Crippen LogP) is 0.936. The van der Waals surface area contributed by atoms with E-state index in [1.54, 1.807) is 0 Å². The topological polar surface area (TPSA) is 102 Å². The minimum Gasteiger partial charge on any atom is -0.486 e. The molecule has 1 aromatic heterocycles. The quantitative estimate of drug-likeness (QED) is 0.797. The standard InChI is InChI=1S/C20H23N3O5/c24-17-5-8-23(19(26)22-17)12-18(25)21-13-20(6-1-2-7-20)14-3-4-15-16(11-14)28-10-9-27-15/h3-5,8,11H,1-2,6-7,9-10,12-13H2,(H,21,25)(H,22,24,26). The molecular formula is C20H23N3O5. The van der Waals surface area contributed by atoms with Gasteiger partial charge in [0.05, 0.1) is 0 Å². The van der Waals surface area contributed by atoms with Crippen molar-refractivity contribution in [1.29, 1.82) is 0 Å². The molecule has 1 aliphatic heterocycles. The fourth-order valence-electron chi connectivity index (χ4n) is 4.04. The van der Waals surface area contributed by atoms with Gasteiger partial charge >= 0.3 is 5.69 Å². The Labute approximate surface area is 161 Å². The lowest BCUT2D eigenvalue weighted by Gasteiger charge is -2.31. The van der Waals surface area contributed by atoms with Crippen LogP contribution >= 0.6 is 0 Å². The molecule has 2 aliphatic rings. The molecule has 1 amide bonds. The van der Waals surface area contributed by atoms with Crippen molar-refractivity contribution in [2.75, 3.05) is 19.8 Å². The number of nitrogens with one attached hydrogen (secondary N) is 2. The molecule has 1 fully saturated rings. The number of aromatic nitrogens is 2. The number of rotatable bonds is 5. The summed E-state index contributed by atoms with van der Waals surface area (Å²) in [5.41, 5.74) is -0.0902. The molecule has 2 heterocycles. The molecule has 148 valence electrons. The number of nitrogens with zero attached hydrogens (tertiary/aromatic N) is 1. The van der Waals surface area contributed by atoms with Gasteiger partial charge in [-0.15, -0.1) is 0 Å². The highest BCUT2D eigenvalue weighted by molar-refractivity contribution is 5.75. The van der Waals surface area contributed by atoms with Crippen molar-refractivity contribution in [1.82, 2.24) is 14.9 Å². The van der Waals surface area contributed by atoms with Gasteiger partial charge in [0.2, 0.25) is 5.91 Å². The maximum atomic E-state index is 12.4. The lowest BCUT2D eigenvalue weighted by molar-refractivity contribution is -0.122. The number of amides is 1. The lowest BCUT2D eigenvalue weighted by atomic mass is 9.78. The van der Waals surface area contributed by atoms with Crippen LogP contribution in [0.4, 0.5) is 0 Å². The highest BCUT2D eigenvalue weighted by Gasteiger charge is 2.36. The third-order valence-corrected chi connectivity index (χ3v) is 5.55. The zero-order valence-electron chi connectivity index (χ0n) is 15.5. The van der Waals surface area contributed by atoms with E-state index >= 15 is 0 Å². The van der Waals surface area contributed by atoms with Crippen molar-refractivity contribution in [3.63, 3.8) is 0 Å². The predicted molar refractivity (Wildman–Crippen MR) is 102 cm³/mol. The summed E-state index contributed by atoms with van der Waals surface area (Å²) in [4.78, 5) is 37.5. The van der Waals surface area contributed by atoms with E-state index in [0.29, 0.717) is 19.8 Å². The van der Waals surface area contributed by atoms with Crippen LogP contribution in [0.25, 0.3) is 0 Å². The number of H-pyrrole nitrogens is 1. The number of benzene rings is 1. The molecule has 1 aromatic carbocycles. The number of carbonyl (C=O) groups excluding carboxylic acids is 1. The smallest absolute Gasteiger partial charge is 0.328 e. The van der Waals surface area contributed by atoms with Gasteiger partial charge in [0.15, 0.2) is 11.5 Å². The minimum absolute atomic E-state index is 0.132. The summed E-state index contributed by atoms with van der Waals surface area (Å²) in [7, 11) is 0. The molecule has 0 unspecified atom stereocenters. The van der Waals surface area contributed by atoms with Gasteiger partial charge in [-0.1, -0.05) is 18.9 Å². The lowest BCUT2D eigenvalue weighted by Crippen LogP contribution is -2.42. The van der Waals surface area contributed by atoms with Gasteiger partial charge in [0, 0.05) is 24.2 Å². The second-order valence-corrected chi connectivity index (χ2v) is 7.36. The Morgan fingerprint density at radius 3 is 2.61 bits per heavy atom. The van der Waals surface area contributed by atoms with Crippen molar-refractivity contribution < 1.29 is 14.3 Å². The van der Waals surface area contributed by atoms with E-state index in [2.05, 4.69) is 16.4 Å². The van der Waals surface area contributed by atoms with E-state index in [9.17, 15) is 14.4 Å². The normalized spacial score (nSPS) is 17.3. The van der Waals surface area contributed by atoms with Crippen LogP contribution in [-0.4, -0.2) is 35.2 Å². The van der Waals surface area contributed by atoms with E-state index in [1.807, 2.05) is 12.1 Å². The fraction of sp³-hybridized carbons (Fsp3) is 0.450. The van der Waals surface area contributed by atoms with Gasteiger partial charge in [-0.3, -0.25) is 19.1 Å². The van der Waals surface area contributed by atoms with Gasteiger partial charge in [-0.25, -0.2) is 4.79 Å². The first kappa shape index (κ1) is 18.3. The molecule has 8 heteroatoms. The summed E-state index contributed by atoms with van der Waals surface area (Å²) >= 11 is 0.